The number of fused-ring (bicyclic) bond motifs is 1. The van der Waals surface area contributed by atoms with Gasteiger partial charge >= 0.3 is 0 Å². The fourth-order valence-electron chi connectivity index (χ4n) is 4.79. The molecule has 142 valence electrons. The molecule has 6 heteroatoms. The Balaban J connectivity index is 1.70. The van der Waals surface area contributed by atoms with Crippen molar-refractivity contribution in [1.82, 2.24) is 19.6 Å². The molecule has 2 aliphatic heterocycles. The van der Waals surface area contributed by atoms with Gasteiger partial charge in [-0.3, -0.25) is 14.3 Å². The quantitative estimate of drug-likeness (QED) is 0.821. The molecule has 3 atom stereocenters. The van der Waals surface area contributed by atoms with E-state index >= 15 is 0 Å². The van der Waals surface area contributed by atoms with Gasteiger partial charge < -0.3 is 9.80 Å². The summed E-state index contributed by atoms with van der Waals surface area (Å²) in [7, 11) is 1.80. The van der Waals surface area contributed by atoms with Crippen LogP contribution in [0.1, 0.15) is 54.7 Å². The molecular formula is C21H26N4O2. The third-order valence-electron chi connectivity index (χ3n) is 6.00. The summed E-state index contributed by atoms with van der Waals surface area (Å²) in [6, 6.07) is 12.1. The first-order valence-electron chi connectivity index (χ1n) is 9.70. The molecule has 2 aromatic rings. The summed E-state index contributed by atoms with van der Waals surface area (Å²) < 4.78 is 1.63. The highest BCUT2D eigenvalue weighted by atomic mass is 16.2. The Kier molecular flexibility index (Phi) is 4.72. The van der Waals surface area contributed by atoms with Crippen molar-refractivity contribution in [3.8, 4) is 0 Å². The predicted octanol–water partition coefficient (Wildman–Crippen LogP) is 2.78. The first-order valence-corrected chi connectivity index (χ1v) is 9.70. The average Bonchev–Trinajstić information content (AvgIpc) is 3.20. The zero-order chi connectivity index (χ0) is 19.0. The molecule has 0 radical (unpaired) electrons. The lowest BCUT2D eigenvalue weighted by Crippen LogP contribution is -2.48. The molecule has 0 unspecified atom stereocenters. The number of likely N-dealkylation sites (tertiary alicyclic amines) is 2. The van der Waals surface area contributed by atoms with Crippen LogP contribution in [0.5, 0.6) is 0 Å². The molecule has 2 aliphatic rings. The van der Waals surface area contributed by atoms with E-state index in [1.165, 1.54) is 0 Å². The second-order valence-corrected chi connectivity index (χ2v) is 7.56. The monoisotopic (exact) mass is 366 g/mol. The third-order valence-corrected chi connectivity index (χ3v) is 6.00. The summed E-state index contributed by atoms with van der Waals surface area (Å²) in [5.41, 5.74) is 1.75. The van der Waals surface area contributed by atoms with Crippen molar-refractivity contribution in [2.45, 2.75) is 50.7 Å². The lowest BCUT2D eigenvalue weighted by molar-refractivity contribution is -0.132. The average molecular weight is 366 g/mol. The number of aryl methyl sites for hydroxylation is 1. The van der Waals surface area contributed by atoms with Crippen LogP contribution in [0.2, 0.25) is 0 Å². The Morgan fingerprint density at radius 2 is 1.85 bits per heavy atom. The van der Waals surface area contributed by atoms with Crippen molar-refractivity contribution in [2.75, 3.05) is 6.54 Å². The van der Waals surface area contributed by atoms with E-state index in [9.17, 15) is 9.59 Å². The normalized spacial score (nSPS) is 25.2. The van der Waals surface area contributed by atoms with E-state index in [1.807, 2.05) is 28.0 Å². The maximum atomic E-state index is 13.3. The van der Waals surface area contributed by atoms with E-state index in [-0.39, 0.29) is 29.9 Å². The zero-order valence-corrected chi connectivity index (χ0v) is 15.9. The first kappa shape index (κ1) is 17.8. The van der Waals surface area contributed by atoms with Gasteiger partial charge in [-0.2, -0.15) is 5.10 Å². The minimum absolute atomic E-state index is 0.0177. The van der Waals surface area contributed by atoms with Crippen LogP contribution in [0, 0.1) is 0 Å². The third kappa shape index (κ3) is 3.13. The molecule has 2 fully saturated rings. The molecule has 1 aromatic heterocycles. The van der Waals surface area contributed by atoms with E-state index in [4.69, 9.17) is 0 Å². The number of hydrogen-bond donors (Lipinski definition) is 0. The van der Waals surface area contributed by atoms with Gasteiger partial charge in [-0.05, 0) is 37.3 Å². The minimum atomic E-state index is 0.0177. The molecule has 1 aromatic carbocycles. The van der Waals surface area contributed by atoms with E-state index < -0.39 is 0 Å². The summed E-state index contributed by atoms with van der Waals surface area (Å²) in [4.78, 5) is 29.8. The lowest BCUT2D eigenvalue weighted by atomic mass is 10.0. The number of nitrogens with zero attached hydrogens (tertiary/aromatic N) is 4. The molecule has 6 nitrogen and oxygen atoms in total. The van der Waals surface area contributed by atoms with Gasteiger partial charge in [-0.1, -0.05) is 30.3 Å². The van der Waals surface area contributed by atoms with Gasteiger partial charge in [0.1, 0.15) is 5.69 Å². The topological polar surface area (TPSA) is 58.4 Å². The van der Waals surface area contributed by atoms with Crippen LogP contribution >= 0.6 is 0 Å². The molecule has 27 heavy (non-hydrogen) atoms. The van der Waals surface area contributed by atoms with Crippen molar-refractivity contribution in [2.24, 2.45) is 7.05 Å². The summed E-state index contributed by atoms with van der Waals surface area (Å²) in [6.07, 6.45) is 5.40. The Bertz CT molecular complexity index is 832. The summed E-state index contributed by atoms with van der Waals surface area (Å²) >= 11 is 0. The van der Waals surface area contributed by atoms with Crippen LogP contribution < -0.4 is 0 Å². The fourth-order valence-corrected chi connectivity index (χ4v) is 4.79. The number of hydrogen-bond acceptors (Lipinski definition) is 3. The van der Waals surface area contributed by atoms with Gasteiger partial charge in [0.25, 0.3) is 5.91 Å². The van der Waals surface area contributed by atoms with E-state index in [1.54, 1.807) is 30.9 Å². The highest BCUT2D eigenvalue weighted by molar-refractivity contribution is 5.93. The molecule has 0 spiro atoms. The van der Waals surface area contributed by atoms with Crippen molar-refractivity contribution >= 4 is 11.8 Å². The van der Waals surface area contributed by atoms with Crippen molar-refractivity contribution < 1.29 is 9.59 Å². The van der Waals surface area contributed by atoms with Crippen LogP contribution in [0.4, 0.5) is 0 Å². The van der Waals surface area contributed by atoms with Crippen molar-refractivity contribution in [1.29, 1.82) is 0 Å². The summed E-state index contributed by atoms with van der Waals surface area (Å²) in [6.45, 7) is 2.38. The number of amides is 2. The van der Waals surface area contributed by atoms with Crippen LogP contribution in [0.25, 0.3) is 0 Å². The number of rotatable bonds is 2. The highest BCUT2D eigenvalue weighted by Crippen LogP contribution is 2.42. The van der Waals surface area contributed by atoms with E-state index in [2.05, 4.69) is 17.2 Å². The molecule has 4 rings (SSSR count). The van der Waals surface area contributed by atoms with Crippen molar-refractivity contribution in [3.05, 3.63) is 53.9 Å². The Labute approximate surface area is 159 Å². The number of carbonyl (C=O) groups is 2. The molecule has 0 aliphatic carbocycles. The van der Waals surface area contributed by atoms with Crippen LogP contribution in [0.15, 0.2) is 42.6 Å². The Hall–Kier alpha value is -2.63. The largest absolute Gasteiger partial charge is 0.332 e. The van der Waals surface area contributed by atoms with Gasteiger partial charge in [-0.25, -0.2) is 0 Å². The van der Waals surface area contributed by atoms with E-state index in [0.717, 1.165) is 37.8 Å². The van der Waals surface area contributed by atoms with Crippen molar-refractivity contribution in [3.63, 3.8) is 0 Å². The molecule has 2 saturated heterocycles. The van der Waals surface area contributed by atoms with Gasteiger partial charge in [0.15, 0.2) is 0 Å². The van der Waals surface area contributed by atoms with E-state index in [0.29, 0.717) is 5.69 Å². The lowest BCUT2D eigenvalue weighted by Gasteiger charge is -2.33. The summed E-state index contributed by atoms with van der Waals surface area (Å²) in [5.74, 6) is 0.107. The molecule has 0 bridgehead atoms. The Morgan fingerprint density at radius 3 is 2.52 bits per heavy atom. The molecule has 0 saturated carbocycles. The SMILES string of the molecule is CC(=O)N1[C@H](c2ccccc2)C[C@@H]2[C@@H]1CCCCN2C(=O)c1ccnn1C. The fraction of sp³-hybridized carbons (Fsp3) is 0.476. The zero-order valence-electron chi connectivity index (χ0n) is 15.9. The smallest absolute Gasteiger partial charge is 0.272 e. The molecule has 2 amide bonds. The minimum Gasteiger partial charge on any atom is -0.332 e. The van der Waals surface area contributed by atoms with Gasteiger partial charge in [0, 0.05) is 26.7 Å². The van der Waals surface area contributed by atoms with Crippen LogP contribution in [-0.4, -0.2) is 50.0 Å². The number of carbonyl (C=O) groups excluding carboxylic acids is 2. The standard InChI is InChI=1S/C21H26N4O2/c1-15(26)25-17-10-6-7-13-24(21(27)18-11-12-22-23(18)2)20(17)14-19(25)16-8-4-3-5-9-16/h3-5,8-9,11-12,17,19-20H,6-7,10,13-14H2,1-2H3/t17-,19-,20+/m0/s1. The van der Waals surface area contributed by atoms with Crippen LogP contribution in [-0.2, 0) is 11.8 Å². The Morgan fingerprint density at radius 1 is 1.07 bits per heavy atom. The van der Waals surface area contributed by atoms with Gasteiger partial charge in [0.2, 0.25) is 5.91 Å². The maximum Gasteiger partial charge on any atom is 0.272 e. The number of benzene rings is 1. The van der Waals surface area contributed by atoms with Gasteiger partial charge in [-0.15, -0.1) is 0 Å². The van der Waals surface area contributed by atoms with Gasteiger partial charge in [0.05, 0.1) is 18.1 Å². The molecule has 3 heterocycles. The maximum absolute atomic E-state index is 13.3. The predicted molar refractivity (Wildman–Crippen MR) is 102 cm³/mol. The second-order valence-electron chi connectivity index (χ2n) is 7.56. The second kappa shape index (κ2) is 7.18. The molecule has 0 N–H and O–H groups in total. The highest BCUT2D eigenvalue weighted by Gasteiger charge is 2.47. The first-order chi connectivity index (χ1) is 13.1. The summed E-state index contributed by atoms with van der Waals surface area (Å²) in [5, 5.41) is 4.15. The van der Waals surface area contributed by atoms with Crippen LogP contribution in [0.3, 0.4) is 0 Å². The number of aromatic nitrogens is 2. The molecular weight excluding hydrogens is 340 g/mol.